The summed E-state index contributed by atoms with van der Waals surface area (Å²) in [6, 6.07) is 10.5. The molecule has 1 aromatic carbocycles. The van der Waals surface area contributed by atoms with Crippen LogP contribution in [-0.4, -0.2) is 58.2 Å². The molecule has 7 nitrogen and oxygen atoms in total. The number of hydrogen-bond donors (Lipinski definition) is 1. The number of benzene rings is 1. The first kappa shape index (κ1) is 22.2. The van der Waals surface area contributed by atoms with Gasteiger partial charge < -0.3 is 14.4 Å². The molecule has 1 fully saturated rings. The maximum absolute atomic E-state index is 10.6. The Balaban J connectivity index is 0.000000345. The number of hydrogen-bond acceptors (Lipinski definition) is 7. The normalized spacial score (nSPS) is 17.6. The van der Waals surface area contributed by atoms with Gasteiger partial charge in [0.2, 0.25) is 11.7 Å². The summed E-state index contributed by atoms with van der Waals surface area (Å²) in [4.78, 5) is 15.7. The number of carboxylic acids is 1. The number of carboxylic acid groups (broad SMARTS) is 1. The minimum atomic E-state index is -5.08. The van der Waals surface area contributed by atoms with Crippen LogP contribution < -0.4 is 0 Å². The molecule has 0 aliphatic carbocycles. The van der Waals surface area contributed by atoms with Crippen LogP contribution in [0.4, 0.5) is 13.2 Å². The number of aliphatic carboxylic acids is 1. The molecule has 1 unspecified atom stereocenters. The van der Waals surface area contributed by atoms with E-state index in [1.807, 2.05) is 12.3 Å². The van der Waals surface area contributed by atoms with Crippen LogP contribution in [0.3, 0.4) is 0 Å². The topological polar surface area (TPSA) is 88.7 Å². The van der Waals surface area contributed by atoms with Gasteiger partial charge in [-0.05, 0) is 11.8 Å². The Kier molecular flexibility index (Phi) is 8.27. The van der Waals surface area contributed by atoms with Crippen molar-refractivity contribution < 1.29 is 32.3 Å². The molecule has 0 radical (unpaired) electrons. The number of thioether (sulfide) groups is 1. The SMILES string of the molecule is CSCc1nc(C2CN(Cc3ccccc3)CCO2)no1.O=C(O)C(F)(F)F. The van der Waals surface area contributed by atoms with Crippen LogP contribution >= 0.6 is 11.8 Å². The van der Waals surface area contributed by atoms with Crippen molar-refractivity contribution in [2.45, 2.75) is 24.6 Å². The Morgan fingerprint density at radius 3 is 2.64 bits per heavy atom. The molecule has 0 bridgehead atoms. The standard InChI is InChI=1S/C15H19N3O2S.C2HF3O2/c1-21-11-14-16-15(17-20-14)13-10-18(7-8-19-13)9-12-5-3-2-4-6-12;3-2(4,5)1(6)7/h2-6,13H,7-11H2,1H3;(H,6,7). The molecule has 1 N–H and O–H groups in total. The van der Waals surface area contributed by atoms with Crippen LogP contribution in [0, 0.1) is 0 Å². The van der Waals surface area contributed by atoms with Crippen LogP contribution in [-0.2, 0) is 21.8 Å². The quantitative estimate of drug-likeness (QED) is 0.791. The summed E-state index contributed by atoms with van der Waals surface area (Å²) in [5.74, 6) is -0.682. The molecule has 11 heteroatoms. The highest BCUT2D eigenvalue weighted by molar-refractivity contribution is 7.97. The number of ether oxygens (including phenoxy) is 1. The van der Waals surface area contributed by atoms with Crippen molar-refractivity contribution in [3.05, 3.63) is 47.6 Å². The van der Waals surface area contributed by atoms with E-state index in [1.54, 1.807) is 11.8 Å². The molecule has 0 saturated carbocycles. The number of rotatable bonds is 5. The van der Waals surface area contributed by atoms with Gasteiger partial charge in [0.25, 0.3) is 0 Å². The molecule has 2 aromatic rings. The fourth-order valence-electron chi connectivity index (χ4n) is 2.42. The number of nitrogens with zero attached hydrogens (tertiary/aromatic N) is 3. The number of alkyl halides is 3. The van der Waals surface area contributed by atoms with Gasteiger partial charge in [-0.25, -0.2) is 4.79 Å². The predicted octanol–water partition coefficient (Wildman–Crippen LogP) is 3.14. The molecule has 154 valence electrons. The Hall–Kier alpha value is -2.11. The molecule has 1 saturated heterocycles. The zero-order valence-electron chi connectivity index (χ0n) is 15.1. The fraction of sp³-hybridized carbons (Fsp3) is 0.471. The summed E-state index contributed by atoms with van der Waals surface area (Å²) in [5, 5.41) is 11.2. The highest BCUT2D eigenvalue weighted by Crippen LogP contribution is 2.22. The van der Waals surface area contributed by atoms with E-state index in [2.05, 4.69) is 39.3 Å². The maximum atomic E-state index is 10.6. The number of carbonyl (C=O) groups is 1. The molecule has 0 amide bonds. The fourth-order valence-corrected chi connectivity index (χ4v) is 2.79. The highest BCUT2D eigenvalue weighted by Gasteiger charge is 2.38. The molecule has 1 aromatic heterocycles. The first-order valence-electron chi connectivity index (χ1n) is 8.29. The van der Waals surface area contributed by atoms with Gasteiger partial charge in [0.15, 0.2) is 0 Å². The molecule has 0 spiro atoms. The van der Waals surface area contributed by atoms with Crippen LogP contribution in [0.2, 0.25) is 0 Å². The third-order valence-electron chi connectivity index (χ3n) is 3.68. The average molecular weight is 419 g/mol. The lowest BCUT2D eigenvalue weighted by Crippen LogP contribution is -2.38. The molecular formula is C17H20F3N3O4S. The number of aromatic nitrogens is 2. The van der Waals surface area contributed by atoms with Crippen molar-refractivity contribution in [1.82, 2.24) is 15.0 Å². The summed E-state index contributed by atoms with van der Waals surface area (Å²) >= 11 is 1.67. The number of morpholine rings is 1. The van der Waals surface area contributed by atoms with Gasteiger partial charge in [0, 0.05) is 19.6 Å². The molecule has 28 heavy (non-hydrogen) atoms. The van der Waals surface area contributed by atoms with E-state index >= 15 is 0 Å². The van der Waals surface area contributed by atoms with Crippen molar-refractivity contribution in [1.29, 1.82) is 0 Å². The van der Waals surface area contributed by atoms with E-state index in [1.165, 1.54) is 5.56 Å². The molecule has 1 atom stereocenters. The van der Waals surface area contributed by atoms with Gasteiger partial charge in [0.1, 0.15) is 6.10 Å². The molecule has 3 rings (SSSR count). The molecule has 1 aliphatic heterocycles. The zero-order valence-corrected chi connectivity index (χ0v) is 15.9. The third-order valence-corrected chi connectivity index (χ3v) is 4.22. The van der Waals surface area contributed by atoms with Gasteiger partial charge in [0.05, 0.1) is 12.4 Å². The lowest BCUT2D eigenvalue weighted by atomic mass is 10.2. The van der Waals surface area contributed by atoms with Crippen molar-refractivity contribution in [2.24, 2.45) is 0 Å². The van der Waals surface area contributed by atoms with Crippen molar-refractivity contribution in [3.63, 3.8) is 0 Å². The van der Waals surface area contributed by atoms with Gasteiger partial charge in [-0.3, -0.25) is 4.90 Å². The van der Waals surface area contributed by atoms with E-state index < -0.39 is 12.1 Å². The van der Waals surface area contributed by atoms with Gasteiger partial charge in [-0.15, -0.1) is 0 Å². The average Bonchev–Trinajstić information content (AvgIpc) is 3.12. The Bertz CT molecular complexity index is 743. The molecule has 1 aliphatic rings. The maximum Gasteiger partial charge on any atom is 0.490 e. The predicted molar refractivity (Wildman–Crippen MR) is 95.6 cm³/mol. The van der Waals surface area contributed by atoms with E-state index in [0.29, 0.717) is 18.3 Å². The third kappa shape index (κ3) is 7.13. The smallest absolute Gasteiger partial charge is 0.475 e. The largest absolute Gasteiger partial charge is 0.490 e. The Labute approximate surface area is 163 Å². The minimum Gasteiger partial charge on any atom is -0.475 e. The van der Waals surface area contributed by atoms with Crippen LogP contribution in [0.5, 0.6) is 0 Å². The zero-order chi connectivity index (χ0) is 20.6. The summed E-state index contributed by atoms with van der Waals surface area (Å²) in [6.45, 7) is 3.36. The van der Waals surface area contributed by atoms with E-state index in [9.17, 15) is 13.2 Å². The second kappa shape index (κ2) is 10.4. The van der Waals surface area contributed by atoms with E-state index in [-0.39, 0.29) is 6.10 Å². The van der Waals surface area contributed by atoms with E-state index in [4.69, 9.17) is 19.2 Å². The summed E-state index contributed by atoms with van der Waals surface area (Å²) in [5.41, 5.74) is 1.31. The molecular weight excluding hydrogens is 399 g/mol. The lowest BCUT2D eigenvalue weighted by molar-refractivity contribution is -0.192. The highest BCUT2D eigenvalue weighted by atomic mass is 32.2. The van der Waals surface area contributed by atoms with Crippen molar-refractivity contribution in [2.75, 3.05) is 26.0 Å². The van der Waals surface area contributed by atoms with Crippen molar-refractivity contribution >= 4 is 17.7 Å². The van der Waals surface area contributed by atoms with Crippen molar-refractivity contribution in [3.8, 4) is 0 Å². The summed E-state index contributed by atoms with van der Waals surface area (Å²) < 4.78 is 42.8. The Morgan fingerprint density at radius 2 is 2.04 bits per heavy atom. The first-order chi connectivity index (χ1) is 13.3. The van der Waals surface area contributed by atoms with Gasteiger partial charge in [-0.2, -0.15) is 29.9 Å². The van der Waals surface area contributed by atoms with Crippen LogP contribution in [0.15, 0.2) is 34.9 Å². The second-order valence-electron chi connectivity index (χ2n) is 5.86. The lowest BCUT2D eigenvalue weighted by Gasteiger charge is -2.31. The summed E-state index contributed by atoms with van der Waals surface area (Å²) in [7, 11) is 0. The van der Waals surface area contributed by atoms with Crippen LogP contribution in [0.1, 0.15) is 23.4 Å². The second-order valence-corrected chi connectivity index (χ2v) is 6.73. The first-order valence-corrected chi connectivity index (χ1v) is 9.68. The van der Waals surface area contributed by atoms with E-state index in [0.717, 1.165) is 25.4 Å². The van der Waals surface area contributed by atoms with Gasteiger partial charge >= 0.3 is 12.1 Å². The number of halogens is 3. The Morgan fingerprint density at radius 1 is 1.36 bits per heavy atom. The monoisotopic (exact) mass is 419 g/mol. The van der Waals surface area contributed by atoms with Gasteiger partial charge in [-0.1, -0.05) is 35.5 Å². The minimum absolute atomic E-state index is 0.0955. The molecule has 2 heterocycles. The summed E-state index contributed by atoms with van der Waals surface area (Å²) in [6.07, 6.45) is -3.16. The van der Waals surface area contributed by atoms with Crippen LogP contribution in [0.25, 0.3) is 0 Å².